The van der Waals surface area contributed by atoms with Crippen LogP contribution in [0, 0.1) is 5.92 Å². The third-order valence-electron chi connectivity index (χ3n) is 3.31. The highest BCUT2D eigenvalue weighted by Gasteiger charge is 2.20. The fraction of sp³-hybridized carbons (Fsp3) is 0.875. The highest BCUT2D eigenvalue weighted by atomic mass is 31.2. The maximum Gasteiger partial charge on any atom is 0.472 e. The molecule has 0 saturated carbocycles. The topological polar surface area (TPSA) is 137 Å². The molecule has 1 atom stereocenters. The van der Waals surface area contributed by atoms with E-state index in [1.165, 1.54) is 0 Å². The standard InChI is InChI=1S/C16H33N2O7P/c1-14(2)7-8-15(19)18-10-11-24-26(21,22)25-13-12-23-16(20)6-4-3-5-9-17/h14H,3-13,17H2,1-2H3,(H,18,19)(H,21,22). The van der Waals surface area contributed by atoms with E-state index in [9.17, 15) is 19.0 Å². The van der Waals surface area contributed by atoms with Gasteiger partial charge in [0, 0.05) is 19.4 Å². The summed E-state index contributed by atoms with van der Waals surface area (Å²) in [5.74, 6) is -0.0825. The molecular weight excluding hydrogens is 363 g/mol. The number of amides is 1. The van der Waals surface area contributed by atoms with Crippen molar-refractivity contribution in [3.8, 4) is 0 Å². The van der Waals surface area contributed by atoms with Crippen LogP contribution >= 0.6 is 7.82 Å². The van der Waals surface area contributed by atoms with Gasteiger partial charge in [-0.2, -0.15) is 0 Å². The number of unbranched alkanes of at least 4 members (excludes halogenated alkanes) is 2. The van der Waals surface area contributed by atoms with Gasteiger partial charge in [-0.3, -0.25) is 18.6 Å². The Morgan fingerprint density at radius 2 is 1.77 bits per heavy atom. The van der Waals surface area contributed by atoms with E-state index in [1.54, 1.807) is 0 Å². The minimum Gasteiger partial charge on any atom is -0.463 e. The molecule has 1 amide bonds. The molecule has 0 saturated heterocycles. The Balaban J connectivity index is 3.67. The van der Waals surface area contributed by atoms with Gasteiger partial charge in [-0.25, -0.2) is 4.57 Å². The Bertz CT molecular complexity index is 446. The number of esters is 1. The summed E-state index contributed by atoms with van der Waals surface area (Å²) in [4.78, 5) is 32.3. The van der Waals surface area contributed by atoms with Gasteiger partial charge in [0.2, 0.25) is 5.91 Å². The molecule has 1 unspecified atom stereocenters. The van der Waals surface area contributed by atoms with Crippen LogP contribution in [-0.4, -0.2) is 49.7 Å². The molecular formula is C16H33N2O7P. The van der Waals surface area contributed by atoms with Crippen LogP contribution < -0.4 is 11.1 Å². The van der Waals surface area contributed by atoms with E-state index in [0.29, 0.717) is 25.3 Å². The first-order chi connectivity index (χ1) is 12.3. The fourth-order valence-corrected chi connectivity index (χ4v) is 2.57. The smallest absolute Gasteiger partial charge is 0.463 e. The second-order valence-corrected chi connectivity index (χ2v) is 7.69. The monoisotopic (exact) mass is 396 g/mol. The molecule has 0 bridgehead atoms. The van der Waals surface area contributed by atoms with E-state index in [0.717, 1.165) is 19.3 Å². The zero-order chi connectivity index (χ0) is 19.8. The molecule has 0 rings (SSSR count). The van der Waals surface area contributed by atoms with Gasteiger partial charge in [0.15, 0.2) is 0 Å². The Kier molecular flexibility index (Phi) is 14.5. The lowest BCUT2D eigenvalue weighted by atomic mass is 10.1. The Hall–Kier alpha value is -0.990. The van der Waals surface area contributed by atoms with Gasteiger partial charge >= 0.3 is 13.8 Å². The van der Waals surface area contributed by atoms with Crippen LogP contribution in [0.5, 0.6) is 0 Å². The summed E-state index contributed by atoms with van der Waals surface area (Å²) in [6.45, 7) is 4.23. The SMILES string of the molecule is CC(C)CCC(=O)NCCOP(=O)(O)OCCOC(=O)CCCCCN. The quantitative estimate of drug-likeness (QED) is 0.204. The second kappa shape index (κ2) is 15.1. The van der Waals surface area contributed by atoms with Crippen LogP contribution in [0.3, 0.4) is 0 Å². The predicted octanol–water partition coefficient (Wildman–Crippen LogP) is 1.73. The molecule has 0 aliphatic heterocycles. The van der Waals surface area contributed by atoms with Crippen LogP contribution in [0.25, 0.3) is 0 Å². The van der Waals surface area contributed by atoms with Crippen LogP contribution in [0.2, 0.25) is 0 Å². The number of carbonyl (C=O) groups excluding carboxylic acids is 2. The fourth-order valence-electron chi connectivity index (χ4n) is 1.87. The third-order valence-corrected chi connectivity index (χ3v) is 4.33. The third kappa shape index (κ3) is 16.5. The average Bonchev–Trinajstić information content (AvgIpc) is 2.57. The molecule has 154 valence electrons. The number of hydrogen-bond donors (Lipinski definition) is 3. The van der Waals surface area contributed by atoms with E-state index in [4.69, 9.17) is 19.5 Å². The molecule has 0 aromatic rings. The normalized spacial score (nSPS) is 13.4. The molecule has 0 aromatic carbocycles. The van der Waals surface area contributed by atoms with Crippen molar-refractivity contribution < 1.29 is 32.8 Å². The van der Waals surface area contributed by atoms with Crippen molar-refractivity contribution in [1.29, 1.82) is 0 Å². The first-order valence-electron chi connectivity index (χ1n) is 9.01. The average molecular weight is 396 g/mol. The van der Waals surface area contributed by atoms with Crippen molar-refractivity contribution in [2.45, 2.75) is 52.4 Å². The van der Waals surface area contributed by atoms with Gasteiger partial charge < -0.3 is 20.7 Å². The van der Waals surface area contributed by atoms with Crippen LogP contribution in [0.15, 0.2) is 0 Å². The predicted molar refractivity (Wildman–Crippen MR) is 97.3 cm³/mol. The molecule has 0 aromatic heterocycles. The summed E-state index contributed by atoms with van der Waals surface area (Å²) in [5, 5.41) is 2.59. The van der Waals surface area contributed by atoms with Crippen molar-refractivity contribution >= 4 is 19.7 Å². The lowest BCUT2D eigenvalue weighted by Crippen LogP contribution is -2.27. The lowest BCUT2D eigenvalue weighted by Gasteiger charge is -2.13. The number of hydrogen-bond acceptors (Lipinski definition) is 7. The van der Waals surface area contributed by atoms with E-state index < -0.39 is 7.82 Å². The molecule has 0 aliphatic rings. The molecule has 0 radical (unpaired) electrons. The highest BCUT2D eigenvalue weighted by Crippen LogP contribution is 2.42. The summed E-state index contributed by atoms with van der Waals surface area (Å²) < 4.78 is 25.9. The summed E-state index contributed by atoms with van der Waals surface area (Å²) >= 11 is 0. The second-order valence-electron chi connectivity index (χ2n) is 6.24. The van der Waals surface area contributed by atoms with Gasteiger partial charge in [0.05, 0.1) is 13.2 Å². The molecule has 0 fully saturated rings. The maximum absolute atomic E-state index is 11.6. The Labute approximate surface area is 155 Å². The number of ether oxygens (including phenoxy) is 1. The summed E-state index contributed by atoms with van der Waals surface area (Å²) in [7, 11) is -4.23. The van der Waals surface area contributed by atoms with Crippen molar-refractivity contribution in [1.82, 2.24) is 5.32 Å². The molecule has 9 nitrogen and oxygen atoms in total. The van der Waals surface area contributed by atoms with E-state index in [-0.39, 0.29) is 44.7 Å². The van der Waals surface area contributed by atoms with E-state index in [1.807, 2.05) is 13.8 Å². The van der Waals surface area contributed by atoms with Gasteiger partial charge in [-0.15, -0.1) is 0 Å². The van der Waals surface area contributed by atoms with Crippen molar-refractivity contribution in [3.63, 3.8) is 0 Å². The van der Waals surface area contributed by atoms with Crippen LogP contribution in [0.4, 0.5) is 0 Å². The van der Waals surface area contributed by atoms with Gasteiger partial charge in [0.1, 0.15) is 6.61 Å². The minimum absolute atomic E-state index is 0.114. The molecule has 4 N–H and O–H groups in total. The number of nitrogens with two attached hydrogens (primary N) is 1. The summed E-state index contributed by atoms with van der Waals surface area (Å²) in [6.07, 6.45) is 3.88. The number of phosphoric acid groups is 1. The molecule has 0 spiro atoms. The van der Waals surface area contributed by atoms with E-state index >= 15 is 0 Å². The largest absolute Gasteiger partial charge is 0.472 e. The first-order valence-corrected chi connectivity index (χ1v) is 10.5. The van der Waals surface area contributed by atoms with Gasteiger partial charge in [0.25, 0.3) is 0 Å². The van der Waals surface area contributed by atoms with Crippen LogP contribution in [0.1, 0.15) is 52.4 Å². The van der Waals surface area contributed by atoms with Gasteiger partial charge in [-0.05, 0) is 31.7 Å². The van der Waals surface area contributed by atoms with Gasteiger partial charge in [-0.1, -0.05) is 20.3 Å². The zero-order valence-corrected chi connectivity index (χ0v) is 16.7. The molecule has 0 heterocycles. The van der Waals surface area contributed by atoms with Crippen molar-refractivity contribution in [2.24, 2.45) is 11.7 Å². The molecule has 26 heavy (non-hydrogen) atoms. The maximum atomic E-state index is 11.6. The Morgan fingerprint density at radius 3 is 2.42 bits per heavy atom. The number of phosphoric ester groups is 1. The molecule has 0 aliphatic carbocycles. The number of nitrogens with one attached hydrogen (secondary N) is 1. The Morgan fingerprint density at radius 1 is 1.08 bits per heavy atom. The number of rotatable bonds is 16. The minimum atomic E-state index is -4.23. The van der Waals surface area contributed by atoms with E-state index in [2.05, 4.69) is 5.32 Å². The molecule has 10 heteroatoms. The zero-order valence-electron chi connectivity index (χ0n) is 15.8. The highest BCUT2D eigenvalue weighted by molar-refractivity contribution is 7.47. The van der Waals surface area contributed by atoms with Crippen molar-refractivity contribution in [3.05, 3.63) is 0 Å². The van der Waals surface area contributed by atoms with Crippen LogP contribution in [-0.2, 0) is 27.9 Å². The van der Waals surface area contributed by atoms with Crippen molar-refractivity contribution in [2.75, 3.05) is 32.9 Å². The summed E-state index contributed by atoms with van der Waals surface area (Å²) in [6, 6.07) is 0. The first kappa shape index (κ1) is 25.0. The lowest BCUT2D eigenvalue weighted by molar-refractivity contribution is -0.144. The number of carbonyl (C=O) groups is 2. The summed E-state index contributed by atoms with van der Waals surface area (Å²) in [5.41, 5.74) is 5.35.